The fourth-order valence-corrected chi connectivity index (χ4v) is 4.56. The van der Waals surface area contributed by atoms with E-state index in [2.05, 4.69) is 10.6 Å². The number of carbonyl (C=O) groups is 3. The zero-order valence-electron chi connectivity index (χ0n) is 15.6. The summed E-state index contributed by atoms with van der Waals surface area (Å²) in [5.74, 6) is 0.267. The average Bonchev–Trinajstić information content (AvgIpc) is 2.65. The highest BCUT2D eigenvalue weighted by Crippen LogP contribution is 2.40. The molecule has 3 amide bonds. The normalized spacial score (nSPS) is 27.9. The van der Waals surface area contributed by atoms with Crippen LogP contribution in [-0.4, -0.2) is 41.8 Å². The second-order valence-corrected chi connectivity index (χ2v) is 8.12. The van der Waals surface area contributed by atoms with Gasteiger partial charge in [-0.15, -0.1) is 0 Å². The molecular formula is C21H27N3O3. The van der Waals surface area contributed by atoms with Crippen molar-refractivity contribution in [2.24, 2.45) is 11.3 Å². The van der Waals surface area contributed by atoms with Crippen LogP contribution < -0.4 is 10.6 Å². The van der Waals surface area contributed by atoms with Crippen molar-refractivity contribution in [3.63, 3.8) is 0 Å². The van der Waals surface area contributed by atoms with Gasteiger partial charge in [-0.25, -0.2) is 0 Å². The molecule has 0 bridgehead atoms. The van der Waals surface area contributed by atoms with Gasteiger partial charge in [-0.3, -0.25) is 14.4 Å². The minimum atomic E-state index is -0.722. The van der Waals surface area contributed by atoms with Crippen molar-refractivity contribution in [3.8, 4) is 0 Å². The summed E-state index contributed by atoms with van der Waals surface area (Å²) >= 11 is 0. The van der Waals surface area contributed by atoms with E-state index in [0.717, 1.165) is 24.8 Å². The topological polar surface area (TPSA) is 78.5 Å². The molecule has 3 fully saturated rings. The number of nitrogens with zero attached hydrogens (tertiary/aromatic N) is 1. The van der Waals surface area contributed by atoms with Crippen LogP contribution in [0.1, 0.15) is 44.1 Å². The highest BCUT2D eigenvalue weighted by atomic mass is 16.2. The van der Waals surface area contributed by atoms with Crippen LogP contribution >= 0.6 is 0 Å². The molecule has 2 N–H and O–H groups in total. The molecule has 1 aromatic carbocycles. The minimum Gasteiger partial charge on any atom is -0.352 e. The standard InChI is InChI=1S/C21H27N3O3/c25-18-9-11-21(20(27)22-13-15-5-2-1-3-6-15)14-24(12-10-17(21)23-18)19(26)16-7-4-8-16/h1-3,5-6,16-17H,4,7-14H2,(H,22,27)(H,23,25)/t17-,21+/m1/s1. The quantitative estimate of drug-likeness (QED) is 0.846. The SMILES string of the molecule is O=C1CC[C@]2(C(=O)NCc3ccccc3)CN(C(=O)C3CCC3)CC[C@H]2N1. The van der Waals surface area contributed by atoms with Crippen LogP contribution in [0.5, 0.6) is 0 Å². The van der Waals surface area contributed by atoms with Crippen molar-refractivity contribution in [2.75, 3.05) is 13.1 Å². The second-order valence-electron chi connectivity index (χ2n) is 8.12. The number of rotatable bonds is 4. The monoisotopic (exact) mass is 369 g/mol. The Balaban J connectivity index is 1.50. The molecule has 0 radical (unpaired) electrons. The third-order valence-electron chi connectivity index (χ3n) is 6.48. The van der Waals surface area contributed by atoms with Gasteiger partial charge in [0.05, 0.1) is 5.41 Å². The lowest BCUT2D eigenvalue weighted by atomic mass is 9.68. The number of fused-ring (bicyclic) bond motifs is 1. The van der Waals surface area contributed by atoms with Crippen molar-refractivity contribution in [2.45, 2.75) is 51.1 Å². The van der Waals surface area contributed by atoms with Crippen molar-refractivity contribution < 1.29 is 14.4 Å². The number of hydrogen-bond donors (Lipinski definition) is 2. The Bertz CT molecular complexity index is 731. The van der Waals surface area contributed by atoms with Crippen molar-refractivity contribution >= 4 is 17.7 Å². The number of likely N-dealkylation sites (tertiary alicyclic amines) is 1. The van der Waals surface area contributed by atoms with Crippen LogP contribution in [0.3, 0.4) is 0 Å². The molecule has 3 aliphatic rings. The fraction of sp³-hybridized carbons (Fsp3) is 0.571. The van der Waals surface area contributed by atoms with Gasteiger partial charge >= 0.3 is 0 Å². The molecule has 2 heterocycles. The highest BCUT2D eigenvalue weighted by molar-refractivity contribution is 5.89. The third-order valence-corrected chi connectivity index (χ3v) is 6.48. The Morgan fingerprint density at radius 3 is 2.67 bits per heavy atom. The summed E-state index contributed by atoms with van der Waals surface area (Å²) in [4.78, 5) is 39.8. The van der Waals surface area contributed by atoms with Gasteiger partial charge in [0.2, 0.25) is 17.7 Å². The Labute approximate surface area is 159 Å². The van der Waals surface area contributed by atoms with E-state index in [1.165, 1.54) is 0 Å². The summed E-state index contributed by atoms with van der Waals surface area (Å²) in [6, 6.07) is 9.60. The van der Waals surface area contributed by atoms with E-state index in [-0.39, 0.29) is 29.7 Å². The number of amides is 3. The van der Waals surface area contributed by atoms with Gasteiger partial charge in [0.15, 0.2) is 0 Å². The Hall–Kier alpha value is -2.37. The maximum atomic E-state index is 13.3. The Morgan fingerprint density at radius 2 is 1.96 bits per heavy atom. The first-order valence-corrected chi connectivity index (χ1v) is 9.99. The largest absolute Gasteiger partial charge is 0.352 e. The summed E-state index contributed by atoms with van der Waals surface area (Å²) in [5.41, 5.74) is 0.317. The maximum Gasteiger partial charge on any atom is 0.230 e. The first-order chi connectivity index (χ1) is 13.1. The Kier molecular flexibility index (Phi) is 4.89. The number of hydrogen-bond acceptors (Lipinski definition) is 3. The molecule has 2 aliphatic heterocycles. The summed E-state index contributed by atoms with van der Waals surface area (Å²) in [6.45, 7) is 1.49. The first kappa shape index (κ1) is 18.0. The molecule has 1 aromatic rings. The zero-order chi connectivity index (χ0) is 18.9. The van der Waals surface area contributed by atoms with Crippen LogP contribution in [0, 0.1) is 11.3 Å². The predicted octanol–water partition coefficient (Wildman–Crippen LogP) is 1.60. The zero-order valence-corrected chi connectivity index (χ0v) is 15.6. The summed E-state index contributed by atoms with van der Waals surface area (Å²) in [7, 11) is 0. The van der Waals surface area contributed by atoms with E-state index in [9.17, 15) is 14.4 Å². The molecule has 0 aromatic heterocycles. The lowest BCUT2D eigenvalue weighted by Crippen LogP contribution is -2.67. The molecule has 6 nitrogen and oxygen atoms in total. The van der Waals surface area contributed by atoms with E-state index >= 15 is 0 Å². The molecule has 2 saturated heterocycles. The third kappa shape index (κ3) is 3.45. The van der Waals surface area contributed by atoms with Crippen LogP contribution in [0.15, 0.2) is 30.3 Å². The van der Waals surface area contributed by atoms with Gasteiger partial charge in [-0.2, -0.15) is 0 Å². The lowest BCUT2D eigenvalue weighted by molar-refractivity contribution is -0.151. The van der Waals surface area contributed by atoms with Gasteiger partial charge in [0.1, 0.15) is 0 Å². The van der Waals surface area contributed by atoms with Crippen LogP contribution in [-0.2, 0) is 20.9 Å². The summed E-state index contributed by atoms with van der Waals surface area (Å²) in [5, 5.41) is 6.08. The van der Waals surface area contributed by atoms with E-state index in [1.54, 1.807) is 0 Å². The van der Waals surface area contributed by atoms with Crippen molar-refractivity contribution in [1.82, 2.24) is 15.5 Å². The maximum absolute atomic E-state index is 13.3. The van der Waals surface area contributed by atoms with Crippen LogP contribution in [0.4, 0.5) is 0 Å². The molecular weight excluding hydrogens is 342 g/mol. The molecule has 2 atom stereocenters. The first-order valence-electron chi connectivity index (χ1n) is 9.99. The Morgan fingerprint density at radius 1 is 1.19 bits per heavy atom. The van der Waals surface area contributed by atoms with Crippen LogP contribution in [0.25, 0.3) is 0 Å². The van der Waals surface area contributed by atoms with E-state index < -0.39 is 5.41 Å². The van der Waals surface area contributed by atoms with Gasteiger partial charge in [0.25, 0.3) is 0 Å². The highest BCUT2D eigenvalue weighted by Gasteiger charge is 2.53. The molecule has 144 valence electrons. The molecule has 1 saturated carbocycles. The average molecular weight is 369 g/mol. The van der Waals surface area contributed by atoms with Gasteiger partial charge in [-0.1, -0.05) is 36.8 Å². The van der Waals surface area contributed by atoms with Crippen molar-refractivity contribution in [1.29, 1.82) is 0 Å². The molecule has 6 heteroatoms. The smallest absolute Gasteiger partial charge is 0.230 e. The minimum absolute atomic E-state index is 0.00486. The lowest BCUT2D eigenvalue weighted by Gasteiger charge is -2.50. The van der Waals surface area contributed by atoms with E-state index in [1.807, 2.05) is 35.2 Å². The van der Waals surface area contributed by atoms with Crippen LogP contribution in [0.2, 0.25) is 0 Å². The molecule has 4 rings (SSSR count). The second kappa shape index (κ2) is 7.33. The molecule has 0 unspecified atom stereocenters. The van der Waals surface area contributed by atoms with Gasteiger partial charge in [-0.05, 0) is 31.2 Å². The molecule has 1 aliphatic carbocycles. The number of piperidine rings is 2. The summed E-state index contributed by atoms with van der Waals surface area (Å²) in [6.07, 6.45) is 4.51. The number of carbonyl (C=O) groups excluding carboxylic acids is 3. The molecule has 27 heavy (non-hydrogen) atoms. The predicted molar refractivity (Wildman–Crippen MR) is 100 cm³/mol. The number of benzene rings is 1. The molecule has 0 spiro atoms. The van der Waals surface area contributed by atoms with E-state index in [4.69, 9.17) is 0 Å². The van der Waals surface area contributed by atoms with Gasteiger partial charge in [0, 0.05) is 38.0 Å². The van der Waals surface area contributed by atoms with Gasteiger partial charge < -0.3 is 15.5 Å². The summed E-state index contributed by atoms with van der Waals surface area (Å²) < 4.78 is 0. The fourth-order valence-electron chi connectivity index (χ4n) is 4.56. The van der Waals surface area contributed by atoms with E-state index in [0.29, 0.717) is 38.9 Å². The van der Waals surface area contributed by atoms with Crippen molar-refractivity contribution in [3.05, 3.63) is 35.9 Å². The number of nitrogens with one attached hydrogen (secondary N) is 2.